The average molecular weight is 396 g/mol. The molecule has 3 aromatic rings. The van der Waals surface area contributed by atoms with Crippen molar-refractivity contribution in [2.24, 2.45) is 0 Å². The Kier molecular flexibility index (Phi) is 4.36. The molecule has 0 aliphatic rings. The second-order valence-electron chi connectivity index (χ2n) is 4.87. The number of hydrogen-bond donors (Lipinski definition) is 0. The number of benzene rings is 2. The maximum absolute atomic E-state index is 12.8. The summed E-state index contributed by atoms with van der Waals surface area (Å²) in [6.45, 7) is 2.49. The Balaban J connectivity index is 2.09. The van der Waals surface area contributed by atoms with Gasteiger partial charge in [0.05, 0.1) is 16.0 Å². The van der Waals surface area contributed by atoms with E-state index in [1.165, 1.54) is 12.1 Å². The molecule has 0 bridgehead atoms. The van der Waals surface area contributed by atoms with Crippen LogP contribution in [0.1, 0.15) is 13.3 Å². The van der Waals surface area contributed by atoms with Crippen LogP contribution in [0.4, 0.5) is 0 Å². The minimum Gasteiger partial charge on any atom is -0.492 e. The highest BCUT2D eigenvalue weighted by Crippen LogP contribution is 2.29. The molecular formula is C15H14BrN3O3S. The summed E-state index contributed by atoms with van der Waals surface area (Å²) >= 11 is 3.36. The summed E-state index contributed by atoms with van der Waals surface area (Å²) in [4.78, 5) is 0.0995. The fourth-order valence-electron chi connectivity index (χ4n) is 2.09. The molecule has 0 atom stereocenters. The van der Waals surface area contributed by atoms with Crippen LogP contribution >= 0.6 is 15.9 Å². The van der Waals surface area contributed by atoms with Crippen molar-refractivity contribution in [1.29, 1.82) is 0 Å². The zero-order chi connectivity index (χ0) is 16.4. The number of nitrogens with zero attached hydrogens (tertiary/aromatic N) is 3. The first-order valence-electron chi connectivity index (χ1n) is 7.02. The van der Waals surface area contributed by atoms with Crippen LogP contribution in [0, 0.1) is 0 Å². The molecule has 0 aliphatic carbocycles. The van der Waals surface area contributed by atoms with Crippen LogP contribution in [-0.4, -0.2) is 29.4 Å². The Morgan fingerprint density at radius 1 is 1.22 bits per heavy atom. The first-order chi connectivity index (χ1) is 11.0. The van der Waals surface area contributed by atoms with Gasteiger partial charge in [-0.15, -0.1) is 9.19 Å². The molecule has 3 rings (SSSR count). The Morgan fingerprint density at radius 2 is 2.00 bits per heavy atom. The van der Waals surface area contributed by atoms with Crippen molar-refractivity contribution in [3.8, 4) is 5.75 Å². The SMILES string of the molecule is CCCOc1cc(S(=O)(=O)n2nnc3ccccc32)ccc1Br. The van der Waals surface area contributed by atoms with Gasteiger partial charge in [0, 0.05) is 6.07 Å². The van der Waals surface area contributed by atoms with Gasteiger partial charge in [-0.2, -0.15) is 8.42 Å². The van der Waals surface area contributed by atoms with Crippen LogP contribution in [0.5, 0.6) is 5.75 Å². The number of hydrogen-bond acceptors (Lipinski definition) is 5. The molecule has 0 radical (unpaired) electrons. The van der Waals surface area contributed by atoms with Crippen molar-refractivity contribution in [3.63, 3.8) is 0 Å². The van der Waals surface area contributed by atoms with E-state index in [4.69, 9.17) is 4.74 Å². The molecule has 120 valence electrons. The smallest absolute Gasteiger partial charge is 0.285 e. The van der Waals surface area contributed by atoms with Gasteiger partial charge >= 0.3 is 0 Å². The van der Waals surface area contributed by atoms with Crippen LogP contribution in [0.2, 0.25) is 0 Å². The van der Waals surface area contributed by atoms with Gasteiger partial charge in [0.2, 0.25) is 0 Å². The number of fused-ring (bicyclic) bond motifs is 1. The number of para-hydroxylation sites is 1. The molecule has 0 saturated carbocycles. The normalized spacial score (nSPS) is 11.7. The van der Waals surface area contributed by atoms with Crippen LogP contribution in [0.3, 0.4) is 0 Å². The highest BCUT2D eigenvalue weighted by atomic mass is 79.9. The molecule has 0 fully saturated rings. The van der Waals surface area contributed by atoms with E-state index in [9.17, 15) is 8.42 Å². The molecule has 6 nitrogen and oxygen atoms in total. The van der Waals surface area contributed by atoms with Crippen molar-refractivity contribution in [3.05, 3.63) is 46.9 Å². The lowest BCUT2D eigenvalue weighted by atomic mass is 10.3. The molecule has 0 saturated heterocycles. The highest BCUT2D eigenvalue weighted by Gasteiger charge is 2.22. The first kappa shape index (κ1) is 15.9. The summed E-state index contributed by atoms with van der Waals surface area (Å²) in [7, 11) is -3.84. The third-order valence-electron chi connectivity index (χ3n) is 3.21. The lowest BCUT2D eigenvalue weighted by Crippen LogP contribution is -2.15. The molecule has 0 N–H and O–H groups in total. The van der Waals surface area contributed by atoms with Gasteiger partial charge in [0.25, 0.3) is 10.0 Å². The van der Waals surface area contributed by atoms with E-state index in [-0.39, 0.29) is 4.90 Å². The summed E-state index contributed by atoms with van der Waals surface area (Å²) in [6, 6.07) is 11.6. The maximum atomic E-state index is 12.8. The van der Waals surface area contributed by atoms with Crippen molar-refractivity contribution in [2.45, 2.75) is 18.2 Å². The summed E-state index contributed by atoms with van der Waals surface area (Å²) in [5, 5.41) is 7.68. The molecule has 0 amide bonds. The second-order valence-corrected chi connectivity index (χ2v) is 7.49. The van der Waals surface area contributed by atoms with Crippen molar-refractivity contribution < 1.29 is 13.2 Å². The Morgan fingerprint density at radius 3 is 2.78 bits per heavy atom. The monoisotopic (exact) mass is 395 g/mol. The largest absolute Gasteiger partial charge is 0.492 e. The van der Waals surface area contributed by atoms with Crippen LogP contribution in [-0.2, 0) is 10.0 Å². The minimum atomic E-state index is -3.84. The van der Waals surface area contributed by atoms with E-state index in [0.717, 1.165) is 10.5 Å². The Bertz CT molecular complexity index is 954. The van der Waals surface area contributed by atoms with Gasteiger partial charge in [-0.3, -0.25) is 0 Å². The predicted molar refractivity (Wildman–Crippen MR) is 90.0 cm³/mol. The molecule has 1 heterocycles. The number of aromatic nitrogens is 3. The molecule has 0 unspecified atom stereocenters. The van der Waals surface area contributed by atoms with Gasteiger partial charge in [-0.1, -0.05) is 24.3 Å². The van der Waals surface area contributed by atoms with Gasteiger partial charge in [0.1, 0.15) is 16.8 Å². The molecular weight excluding hydrogens is 382 g/mol. The molecule has 23 heavy (non-hydrogen) atoms. The van der Waals surface area contributed by atoms with Gasteiger partial charge < -0.3 is 4.74 Å². The first-order valence-corrected chi connectivity index (χ1v) is 9.25. The molecule has 2 aromatic carbocycles. The maximum Gasteiger partial charge on any atom is 0.285 e. The Labute approximate surface area is 142 Å². The van der Waals surface area contributed by atoms with E-state index in [1.807, 2.05) is 6.92 Å². The zero-order valence-electron chi connectivity index (χ0n) is 12.3. The highest BCUT2D eigenvalue weighted by molar-refractivity contribution is 9.10. The van der Waals surface area contributed by atoms with Crippen molar-refractivity contribution in [2.75, 3.05) is 6.61 Å². The summed E-state index contributed by atoms with van der Waals surface area (Å²) < 4.78 is 32.9. The molecule has 0 aliphatic heterocycles. The number of halogens is 1. The van der Waals surface area contributed by atoms with E-state index in [1.54, 1.807) is 30.3 Å². The molecule has 0 spiro atoms. The summed E-state index contributed by atoms with van der Waals surface area (Å²) in [5.74, 6) is 0.484. The van der Waals surface area contributed by atoms with Crippen molar-refractivity contribution in [1.82, 2.24) is 14.4 Å². The summed E-state index contributed by atoms with van der Waals surface area (Å²) in [6.07, 6.45) is 0.830. The third kappa shape index (κ3) is 2.96. The standard InChI is InChI=1S/C15H14BrN3O3S/c1-2-9-22-15-10-11(7-8-12(15)16)23(20,21)19-14-6-4-3-5-13(14)17-18-19/h3-8,10H,2,9H2,1H3. The fraction of sp³-hybridized carbons (Fsp3) is 0.200. The quantitative estimate of drug-likeness (QED) is 0.662. The van der Waals surface area contributed by atoms with Crippen molar-refractivity contribution >= 4 is 37.0 Å². The molecule has 8 heteroatoms. The van der Waals surface area contributed by atoms with Gasteiger partial charge in [-0.05, 0) is 46.6 Å². The number of rotatable bonds is 5. The van der Waals surface area contributed by atoms with Crippen LogP contribution in [0.25, 0.3) is 11.0 Å². The summed E-state index contributed by atoms with van der Waals surface area (Å²) in [5.41, 5.74) is 0.960. The van der Waals surface area contributed by atoms with E-state index in [0.29, 0.717) is 27.9 Å². The Hall–Kier alpha value is -1.93. The minimum absolute atomic E-state index is 0.0995. The van der Waals surface area contributed by atoms with Gasteiger partial charge in [-0.25, -0.2) is 0 Å². The second kappa shape index (κ2) is 6.29. The van der Waals surface area contributed by atoms with Gasteiger partial charge in [0.15, 0.2) is 0 Å². The van der Waals surface area contributed by atoms with E-state index in [2.05, 4.69) is 26.2 Å². The van der Waals surface area contributed by atoms with E-state index >= 15 is 0 Å². The van der Waals surface area contributed by atoms with Crippen LogP contribution < -0.4 is 4.74 Å². The predicted octanol–water partition coefficient (Wildman–Crippen LogP) is 3.22. The average Bonchev–Trinajstić information content (AvgIpc) is 2.98. The topological polar surface area (TPSA) is 74.1 Å². The van der Waals surface area contributed by atoms with E-state index < -0.39 is 10.0 Å². The third-order valence-corrected chi connectivity index (χ3v) is 5.44. The lowest BCUT2D eigenvalue weighted by molar-refractivity contribution is 0.314. The van der Waals surface area contributed by atoms with Crippen LogP contribution in [0.15, 0.2) is 51.8 Å². The zero-order valence-corrected chi connectivity index (χ0v) is 14.7. The number of ether oxygens (including phenoxy) is 1. The fourth-order valence-corrected chi connectivity index (χ4v) is 3.69. The lowest BCUT2D eigenvalue weighted by Gasteiger charge is -2.10. The molecule has 1 aromatic heterocycles.